The third kappa shape index (κ3) is 9.72. The molecule has 1 aromatic carbocycles. The Bertz CT molecular complexity index is 417. The summed E-state index contributed by atoms with van der Waals surface area (Å²) in [4.78, 5) is 11.2. The second-order valence-corrected chi connectivity index (χ2v) is 5.06. The first kappa shape index (κ1) is 19.2. The van der Waals surface area contributed by atoms with E-state index in [-0.39, 0.29) is 11.7 Å². The number of unbranched alkanes of at least 4 members (excludes halogenated alkanes) is 4. The third-order valence-electron chi connectivity index (χ3n) is 3.07. The summed E-state index contributed by atoms with van der Waals surface area (Å²) in [6.45, 7) is 6.23. The first-order valence-corrected chi connectivity index (χ1v) is 7.74. The van der Waals surface area contributed by atoms with E-state index in [0.717, 1.165) is 5.56 Å². The van der Waals surface area contributed by atoms with Crippen molar-refractivity contribution in [3.8, 4) is 5.75 Å². The number of likely N-dealkylation sites (N-methyl/N-ethyl adjacent to an activating group) is 1. The van der Waals surface area contributed by atoms with Gasteiger partial charge in [0.05, 0.1) is 0 Å². The zero-order valence-electron chi connectivity index (χ0n) is 13.8. The minimum absolute atomic E-state index is 0.0990. The van der Waals surface area contributed by atoms with Crippen LogP contribution in [0.3, 0.4) is 0 Å². The monoisotopic (exact) mass is 291 g/mol. The zero-order chi connectivity index (χ0) is 16.1. The van der Waals surface area contributed by atoms with Gasteiger partial charge in [0.2, 0.25) is 5.91 Å². The first-order valence-electron chi connectivity index (χ1n) is 7.74. The molecule has 1 aromatic rings. The van der Waals surface area contributed by atoms with Crippen molar-refractivity contribution in [2.75, 3.05) is 7.05 Å². The Hall–Kier alpha value is -1.77. The van der Waals surface area contributed by atoms with Gasteiger partial charge >= 0.3 is 0 Å². The fourth-order valence-corrected chi connectivity index (χ4v) is 1.76. The Labute approximate surface area is 129 Å². The van der Waals surface area contributed by atoms with E-state index in [0.29, 0.717) is 5.57 Å². The largest absolute Gasteiger partial charge is 0.508 e. The van der Waals surface area contributed by atoms with Crippen molar-refractivity contribution in [3.63, 3.8) is 0 Å². The predicted octanol–water partition coefficient (Wildman–Crippen LogP) is 4.52. The second-order valence-electron chi connectivity index (χ2n) is 5.06. The zero-order valence-corrected chi connectivity index (χ0v) is 13.8. The maximum Gasteiger partial charge on any atom is 0.246 e. The summed E-state index contributed by atoms with van der Waals surface area (Å²) in [7, 11) is 1.59. The summed E-state index contributed by atoms with van der Waals surface area (Å²) < 4.78 is 0. The van der Waals surface area contributed by atoms with Gasteiger partial charge in [0.25, 0.3) is 0 Å². The molecule has 0 radical (unpaired) electrons. The fraction of sp³-hybridized carbons (Fsp3) is 0.500. The Balaban J connectivity index is 0.000000486. The predicted molar refractivity (Wildman–Crippen MR) is 90.3 cm³/mol. The minimum Gasteiger partial charge on any atom is -0.508 e. The van der Waals surface area contributed by atoms with Crippen molar-refractivity contribution in [1.29, 1.82) is 0 Å². The van der Waals surface area contributed by atoms with Gasteiger partial charge in [0.1, 0.15) is 5.75 Å². The van der Waals surface area contributed by atoms with Gasteiger partial charge in [-0.15, -0.1) is 0 Å². The third-order valence-corrected chi connectivity index (χ3v) is 3.07. The summed E-state index contributed by atoms with van der Waals surface area (Å²) in [5.41, 5.74) is 1.53. The Morgan fingerprint density at radius 3 is 2.05 bits per heavy atom. The Morgan fingerprint density at radius 1 is 1.10 bits per heavy atom. The molecule has 3 nitrogen and oxygen atoms in total. The normalized spacial score (nSPS) is 10.6. The molecule has 118 valence electrons. The SMILES string of the molecule is CCCCCCC.CNC(=O)/C(C)=C/c1ccc(O)cc1. The average Bonchev–Trinajstić information content (AvgIpc) is 2.50. The lowest BCUT2D eigenvalue weighted by Crippen LogP contribution is -2.18. The molecule has 3 heteroatoms. The maximum atomic E-state index is 11.2. The lowest BCUT2D eigenvalue weighted by molar-refractivity contribution is -0.116. The van der Waals surface area contributed by atoms with Crippen molar-refractivity contribution < 1.29 is 9.90 Å². The first-order chi connectivity index (χ1) is 10.0. The number of phenols is 1. The summed E-state index contributed by atoms with van der Waals surface area (Å²) >= 11 is 0. The highest BCUT2D eigenvalue weighted by Gasteiger charge is 1.99. The van der Waals surface area contributed by atoms with Gasteiger partial charge in [0, 0.05) is 12.6 Å². The highest BCUT2D eigenvalue weighted by molar-refractivity contribution is 5.96. The van der Waals surface area contributed by atoms with Crippen LogP contribution < -0.4 is 5.32 Å². The summed E-state index contributed by atoms with van der Waals surface area (Å²) in [5, 5.41) is 11.6. The van der Waals surface area contributed by atoms with Crippen molar-refractivity contribution in [1.82, 2.24) is 5.32 Å². The lowest BCUT2D eigenvalue weighted by Gasteiger charge is -1.99. The molecule has 1 rings (SSSR count). The molecule has 0 bridgehead atoms. The summed E-state index contributed by atoms with van der Waals surface area (Å²) in [6, 6.07) is 6.68. The van der Waals surface area contributed by atoms with Gasteiger partial charge in [0.15, 0.2) is 0 Å². The molecule has 0 heterocycles. The molecule has 2 N–H and O–H groups in total. The Kier molecular flexibility index (Phi) is 11.0. The lowest BCUT2D eigenvalue weighted by atomic mass is 10.1. The topological polar surface area (TPSA) is 49.3 Å². The molecule has 0 spiro atoms. The number of amides is 1. The van der Waals surface area contributed by atoms with Gasteiger partial charge in [-0.25, -0.2) is 0 Å². The van der Waals surface area contributed by atoms with Crippen molar-refractivity contribution >= 4 is 12.0 Å². The molecular weight excluding hydrogens is 262 g/mol. The number of carbonyl (C=O) groups is 1. The van der Waals surface area contributed by atoms with Gasteiger partial charge in [-0.1, -0.05) is 58.1 Å². The smallest absolute Gasteiger partial charge is 0.246 e. The number of aromatic hydroxyl groups is 1. The van der Waals surface area contributed by atoms with E-state index >= 15 is 0 Å². The highest BCUT2D eigenvalue weighted by atomic mass is 16.3. The van der Waals surface area contributed by atoms with Crippen molar-refractivity contribution in [3.05, 3.63) is 35.4 Å². The molecule has 0 saturated carbocycles. The van der Waals surface area contributed by atoms with E-state index < -0.39 is 0 Å². The van der Waals surface area contributed by atoms with E-state index in [9.17, 15) is 4.79 Å². The highest BCUT2D eigenvalue weighted by Crippen LogP contribution is 2.12. The van der Waals surface area contributed by atoms with E-state index in [4.69, 9.17) is 5.11 Å². The minimum atomic E-state index is -0.0990. The number of rotatable bonds is 6. The van der Waals surface area contributed by atoms with Crippen LogP contribution in [0.25, 0.3) is 6.08 Å². The van der Waals surface area contributed by atoms with Gasteiger partial charge in [-0.05, 0) is 30.7 Å². The van der Waals surface area contributed by atoms with Crippen LogP contribution >= 0.6 is 0 Å². The van der Waals surface area contributed by atoms with Crippen LogP contribution in [0, 0.1) is 0 Å². The van der Waals surface area contributed by atoms with Gasteiger partial charge in [-0.3, -0.25) is 4.79 Å². The van der Waals surface area contributed by atoms with E-state index in [1.54, 1.807) is 44.3 Å². The fourth-order valence-electron chi connectivity index (χ4n) is 1.76. The molecule has 0 aliphatic rings. The average molecular weight is 291 g/mol. The number of phenolic OH excluding ortho intramolecular Hbond substituents is 1. The molecule has 1 amide bonds. The van der Waals surface area contributed by atoms with Gasteiger partial charge in [-0.2, -0.15) is 0 Å². The Morgan fingerprint density at radius 2 is 1.62 bits per heavy atom. The van der Waals surface area contributed by atoms with E-state index in [1.807, 2.05) is 0 Å². The molecule has 0 aliphatic heterocycles. The van der Waals surface area contributed by atoms with Crippen LogP contribution in [-0.2, 0) is 4.79 Å². The molecule has 0 fully saturated rings. The second kappa shape index (κ2) is 12.0. The standard InChI is InChI=1S/C11H13NO2.C7H16/c1-8(11(14)12-2)7-9-3-5-10(13)6-4-9;1-3-5-7-6-4-2/h3-7,13H,1-2H3,(H,12,14);3-7H2,1-2H3/b8-7+;. The molecule has 0 saturated heterocycles. The summed E-state index contributed by atoms with van der Waals surface area (Å²) in [5.74, 6) is 0.123. The van der Waals surface area contributed by atoms with Crippen molar-refractivity contribution in [2.45, 2.75) is 52.9 Å². The summed E-state index contributed by atoms with van der Waals surface area (Å²) in [6.07, 6.45) is 8.77. The van der Waals surface area contributed by atoms with Gasteiger partial charge < -0.3 is 10.4 Å². The number of benzene rings is 1. The molecular formula is C18H29NO2. The van der Waals surface area contributed by atoms with E-state index in [1.165, 1.54) is 32.1 Å². The van der Waals surface area contributed by atoms with Crippen LogP contribution in [-0.4, -0.2) is 18.1 Å². The van der Waals surface area contributed by atoms with Crippen LogP contribution in [0.2, 0.25) is 0 Å². The maximum absolute atomic E-state index is 11.2. The number of nitrogens with one attached hydrogen (secondary N) is 1. The van der Waals surface area contributed by atoms with Crippen LogP contribution in [0.4, 0.5) is 0 Å². The molecule has 0 atom stereocenters. The van der Waals surface area contributed by atoms with Crippen LogP contribution in [0.5, 0.6) is 5.75 Å². The quantitative estimate of drug-likeness (QED) is 0.598. The van der Waals surface area contributed by atoms with Crippen LogP contribution in [0.15, 0.2) is 29.8 Å². The van der Waals surface area contributed by atoms with Crippen molar-refractivity contribution in [2.24, 2.45) is 0 Å². The number of hydrogen-bond donors (Lipinski definition) is 2. The molecule has 0 aliphatic carbocycles. The molecule has 21 heavy (non-hydrogen) atoms. The molecule has 0 unspecified atom stereocenters. The molecule has 0 aromatic heterocycles. The van der Waals surface area contributed by atoms with E-state index in [2.05, 4.69) is 19.2 Å². The van der Waals surface area contributed by atoms with Crippen LogP contribution in [0.1, 0.15) is 58.4 Å². The number of carbonyl (C=O) groups excluding carboxylic acids is 1. The number of hydrogen-bond acceptors (Lipinski definition) is 2.